The molecule has 16 heavy (non-hydrogen) atoms. The van der Waals surface area contributed by atoms with E-state index in [9.17, 15) is 5.11 Å². The third kappa shape index (κ3) is 2.44. The molecule has 0 spiro atoms. The minimum Gasteiger partial charge on any atom is -0.504 e. The molecule has 4 heteroatoms. The Morgan fingerprint density at radius 1 is 1.56 bits per heavy atom. The van der Waals surface area contributed by atoms with Crippen LogP contribution in [0.15, 0.2) is 18.2 Å². The van der Waals surface area contributed by atoms with Gasteiger partial charge in [-0.15, -0.1) is 11.8 Å². The number of nitrogens with one attached hydrogen (secondary N) is 1. The fourth-order valence-electron chi connectivity index (χ4n) is 1.76. The van der Waals surface area contributed by atoms with E-state index >= 15 is 0 Å². The van der Waals surface area contributed by atoms with Crippen LogP contribution < -0.4 is 10.1 Å². The fraction of sp³-hybridized carbons (Fsp3) is 0.500. The van der Waals surface area contributed by atoms with Gasteiger partial charge >= 0.3 is 0 Å². The van der Waals surface area contributed by atoms with Crippen molar-refractivity contribution in [3.8, 4) is 11.5 Å². The molecule has 88 valence electrons. The molecule has 2 rings (SSSR count). The molecule has 0 radical (unpaired) electrons. The molecule has 1 fully saturated rings. The lowest BCUT2D eigenvalue weighted by Crippen LogP contribution is -2.13. The topological polar surface area (TPSA) is 41.5 Å². The first-order chi connectivity index (χ1) is 7.70. The van der Waals surface area contributed by atoms with Crippen LogP contribution in [-0.2, 0) is 0 Å². The number of thioether (sulfide) groups is 1. The van der Waals surface area contributed by atoms with Crippen molar-refractivity contribution in [1.82, 2.24) is 5.32 Å². The highest BCUT2D eigenvalue weighted by atomic mass is 32.2. The van der Waals surface area contributed by atoms with E-state index in [0.29, 0.717) is 23.0 Å². The van der Waals surface area contributed by atoms with Crippen LogP contribution in [0.2, 0.25) is 0 Å². The van der Waals surface area contributed by atoms with Gasteiger partial charge in [0.2, 0.25) is 0 Å². The molecule has 1 aliphatic rings. The van der Waals surface area contributed by atoms with Crippen molar-refractivity contribution in [2.45, 2.75) is 24.5 Å². The van der Waals surface area contributed by atoms with Gasteiger partial charge in [0, 0.05) is 11.8 Å². The quantitative estimate of drug-likeness (QED) is 0.850. The van der Waals surface area contributed by atoms with Gasteiger partial charge in [-0.2, -0.15) is 0 Å². The highest BCUT2D eigenvalue weighted by Crippen LogP contribution is 2.38. The maximum atomic E-state index is 9.61. The Labute approximate surface area is 100 Å². The summed E-state index contributed by atoms with van der Waals surface area (Å²) in [5.41, 5.74) is 1.16. The smallest absolute Gasteiger partial charge is 0.161 e. The summed E-state index contributed by atoms with van der Waals surface area (Å²) in [5, 5.41) is 14.0. The molecular weight excluding hydrogens is 222 g/mol. The molecular formula is C12H17NO2S. The van der Waals surface area contributed by atoms with E-state index in [1.54, 1.807) is 6.07 Å². The van der Waals surface area contributed by atoms with Crippen LogP contribution in [0, 0.1) is 0 Å². The number of hydrogen-bond donors (Lipinski definition) is 2. The van der Waals surface area contributed by atoms with Crippen molar-refractivity contribution in [2.24, 2.45) is 0 Å². The number of phenols is 1. The van der Waals surface area contributed by atoms with Gasteiger partial charge in [0.15, 0.2) is 11.5 Å². The number of hydrogen-bond acceptors (Lipinski definition) is 4. The number of benzene rings is 1. The van der Waals surface area contributed by atoms with Gasteiger partial charge in [0.1, 0.15) is 0 Å². The molecule has 1 aromatic carbocycles. The van der Waals surface area contributed by atoms with Crippen molar-refractivity contribution in [3.63, 3.8) is 0 Å². The summed E-state index contributed by atoms with van der Waals surface area (Å²) >= 11 is 1.90. The summed E-state index contributed by atoms with van der Waals surface area (Å²) in [6, 6.07) is 5.56. The monoisotopic (exact) mass is 239 g/mol. The summed E-state index contributed by atoms with van der Waals surface area (Å²) in [7, 11) is 0. The molecule has 0 saturated carbocycles. The lowest BCUT2D eigenvalue weighted by molar-refractivity contribution is 0.317. The lowest BCUT2D eigenvalue weighted by atomic mass is 10.2. The highest BCUT2D eigenvalue weighted by molar-refractivity contribution is 8.00. The molecule has 3 nitrogen and oxygen atoms in total. The molecule has 1 aliphatic heterocycles. The maximum absolute atomic E-state index is 9.61. The van der Waals surface area contributed by atoms with E-state index in [1.807, 2.05) is 30.8 Å². The predicted octanol–water partition coefficient (Wildman–Crippen LogP) is 2.51. The van der Waals surface area contributed by atoms with E-state index in [2.05, 4.69) is 12.2 Å². The molecule has 0 amide bonds. The maximum Gasteiger partial charge on any atom is 0.161 e. The average molecular weight is 239 g/mol. The fourth-order valence-corrected chi connectivity index (χ4v) is 2.92. The summed E-state index contributed by atoms with van der Waals surface area (Å²) in [5.74, 6) is 0.781. The summed E-state index contributed by atoms with van der Waals surface area (Å²) in [6.45, 7) is 5.72. The zero-order valence-corrected chi connectivity index (χ0v) is 10.4. The summed E-state index contributed by atoms with van der Waals surface area (Å²) < 4.78 is 5.38. The van der Waals surface area contributed by atoms with Gasteiger partial charge in [0.05, 0.1) is 12.0 Å². The molecule has 0 aromatic heterocycles. The van der Waals surface area contributed by atoms with Gasteiger partial charge in [0.25, 0.3) is 0 Å². The standard InChI is InChI=1S/C12H17NO2S/c1-3-15-11-6-9(4-5-10(11)14)12-13-7-8(2)16-12/h4-6,8,12-14H,3,7H2,1-2H3. The second-order valence-corrected chi connectivity index (χ2v) is 5.44. The molecule has 1 saturated heterocycles. The number of phenolic OH excluding ortho intramolecular Hbond substituents is 1. The molecule has 0 bridgehead atoms. The van der Waals surface area contributed by atoms with E-state index in [-0.39, 0.29) is 5.75 Å². The van der Waals surface area contributed by atoms with Crippen LogP contribution in [0.1, 0.15) is 24.8 Å². The van der Waals surface area contributed by atoms with E-state index in [1.165, 1.54) is 0 Å². The Bertz CT molecular complexity index is 370. The van der Waals surface area contributed by atoms with Crippen LogP contribution in [0.3, 0.4) is 0 Å². The first-order valence-corrected chi connectivity index (χ1v) is 6.49. The van der Waals surface area contributed by atoms with E-state index in [4.69, 9.17) is 4.74 Å². The van der Waals surface area contributed by atoms with E-state index < -0.39 is 0 Å². The van der Waals surface area contributed by atoms with Crippen molar-refractivity contribution in [3.05, 3.63) is 23.8 Å². The van der Waals surface area contributed by atoms with Gasteiger partial charge < -0.3 is 15.2 Å². The normalized spacial score (nSPS) is 24.6. The van der Waals surface area contributed by atoms with E-state index in [0.717, 1.165) is 12.1 Å². The Hall–Kier alpha value is -0.870. The molecule has 2 N–H and O–H groups in total. The third-order valence-corrected chi connectivity index (χ3v) is 3.89. The second kappa shape index (κ2) is 4.97. The van der Waals surface area contributed by atoms with Crippen molar-refractivity contribution < 1.29 is 9.84 Å². The minimum absolute atomic E-state index is 0.210. The molecule has 2 unspecified atom stereocenters. The van der Waals surface area contributed by atoms with Crippen molar-refractivity contribution in [1.29, 1.82) is 0 Å². The summed E-state index contributed by atoms with van der Waals surface area (Å²) in [4.78, 5) is 0. The lowest BCUT2D eigenvalue weighted by Gasteiger charge is -2.13. The Morgan fingerprint density at radius 2 is 2.38 bits per heavy atom. The first-order valence-electron chi connectivity index (χ1n) is 5.55. The van der Waals surface area contributed by atoms with Gasteiger partial charge in [-0.1, -0.05) is 13.0 Å². The second-order valence-electron chi connectivity index (χ2n) is 3.90. The van der Waals surface area contributed by atoms with Crippen LogP contribution in [0.4, 0.5) is 0 Å². The Morgan fingerprint density at radius 3 is 3.00 bits per heavy atom. The minimum atomic E-state index is 0.210. The third-order valence-electron chi connectivity index (χ3n) is 2.55. The zero-order chi connectivity index (χ0) is 11.5. The molecule has 1 heterocycles. The van der Waals surface area contributed by atoms with Crippen LogP contribution in [0.25, 0.3) is 0 Å². The largest absolute Gasteiger partial charge is 0.504 e. The molecule has 1 aromatic rings. The van der Waals surface area contributed by atoms with Crippen LogP contribution in [0.5, 0.6) is 11.5 Å². The number of aromatic hydroxyl groups is 1. The number of rotatable bonds is 3. The zero-order valence-electron chi connectivity index (χ0n) is 9.56. The molecule has 0 aliphatic carbocycles. The summed E-state index contributed by atoms with van der Waals surface area (Å²) in [6.07, 6.45) is 0. The first kappa shape index (κ1) is 11.6. The highest BCUT2D eigenvalue weighted by Gasteiger charge is 2.23. The molecule has 2 atom stereocenters. The van der Waals surface area contributed by atoms with Crippen molar-refractivity contribution >= 4 is 11.8 Å². The predicted molar refractivity (Wildman–Crippen MR) is 67.1 cm³/mol. The van der Waals surface area contributed by atoms with Crippen LogP contribution in [-0.4, -0.2) is 23.5 Å². The SMILES string of the molecule is CCOc1cc(C2NCC(C)S2)ccc1O. The number of ether oxygens (including phenoxy) is 1. The van der Waals surface area contributed by atoms with Gasteiger partial charge in [-0.3, -0.25) is 0 Å². The van der Waals surface area contributed by atoms with Gasteiger partial charge in [-0.05, 0) is 24.6 Å². The Balaban J connectivity index is 2.18. The Kier molecular flexibility index (Phi) is 3.61. The van der Waals surface area contributed by atoms with Gasteiger partial charge in [-0.25, -0.2) is 0 Å². The van der Waals surface area contributed by atoms with Crippen molar-refractivity contribution in [2.75, 3.05) is 13.2 Å². The average Bonchev–Trinajstić information content (AvgIpc) is 2.69. The van der Waals surface area contributed by atoms with Crippen LogP contribution >= 0.6 is 11.8 Å².